The second-order valence-electron chi connectivity index (χ2n) is 4.54. The third-order valence-corrected chi connectivity index (χ3v) is 2.78. The summed E-state index contributed by atoms with van der Waals surface area (Å²) in [6.45, 7) is 4.47. The van der Waals surface area contributed by atoms with Gasteiger partial charge in [-0.2, -0.15) is 0 Å². The quantitative estimate of drug-likeness (QED) is 0.706. The molecule has 0 saturated heterocycles. The molecule has 0 bridgehead atoms. The van der Waals surface area contributed by atoms with E-state index < -0.39 is 0 Å². The molecule has 1 aromatic heterocycles. The zero-order valence-corrected chi connectivity index (χ0v) is 11.5. The van der Waals surface area contributed by atoms with Crippen LogP contribution in [0.3, 0.4) is 0 Å². The molecule has 1 atom stereocenters. The van der Waals surface area contributed by atoms with Gasteiger partial charge in [0, 0.05) is 19.2 Å². The highest BCUT2D eigenvalue weighted by atomic mass is 16.5. The smallest absolute Gasteiger partial charge is 0.258 e. The van der Waals surface area contributed by atoms with Gasteiger partial charge in [-0.25, -0.2) is 0 Å². The first kappa shape index (κ1) is 15.5. The van der Waals surface area contributed by atoms with E-state index in [-0.39, 0.29) is 19.1 Å². The molecule has 1 rings (SSSR count). The van der Waals surface area contributed by atoms with Crippen molar-refractivity contribution in [1.29, 1.82) is 0 Å². The van der Waals surface area contributed by atoms with Crippen molar-refractivity contribution in [3.63, 3.8) is 0 Å². The fraction of sp³-hybridized carbons (Fsp3) is 0.692. The summed E-state index contributed by atoms with van der Waals surface area (Å²) in [7, 11) is 0. The van der Waals surface area contributed by atoms with Gasteiger partial charge in [-0.3, -0.25) is 4.79 Å². The van der Waals surface area contributed by atoms with Gasteiger partial charge >= 0.3 is 0 Å². The van der Waals surface area contributed by atoms with Crippen molar-refractivity contribution in [1.82, 2.24) is 10.5 Å². The van der Waals surface area contributed by atoms with Gasteiger partial charge in [0.25, 0.3) is 11.8 Å². The lowest BCUT2D eigenvalue weighted by atomic mass is 10.0. The molecule has 0 saturated carbocycles. The number of hydrogen-bond donors (Lipinski definition) is 2. The SMILES string of the molecule is CCCC(CCO)CNC(=O)COc1cc(C)on1. The number of rotatable bonds is 9. The van der Waals surface area contributed by atoms with Gasteiger partial charge in [-0.1, -0.05) is 13.3 Å². The van der Waals surface area contributed by atoms with E-state index in [0.29, 0.717) is 30.5 Å². The molecule has 6 heteroatoms. The Hall–Kier alpha value is -1.56. The van der Waals surface area contributed by atoms with Crippen molar-refractivity contribution in [2.75, 3.05) is 19.8 Å². The Morgan fingerprint density at radius 3 is 2.95 bits per heavy atom. The van der Waals surface area contributed by atoms with Gasteiger partial charge in [-0.05, 0) is 30.8 Å². The lowest BCUT2D eigenvalue weighted by Crippen LogP contribution is -2.33. The topological polar surface area (TPSA) is 84.6 Å². The Balaban J connectivity index is 2.22. The van der Waals surface area contributed by atoms with Crippen molar-refractivity contribution in [2.45, 2.75) is 33.1 Å². The summed E-state index contributed by atoms with van der Waals surface area (Å²) in [5.74, 6) is 1.07. The fourth-order valence-corrected chi connectivity index (χ4v) is 1.80. The van der Waals surface area contributed by atoms with Gasteiger partial charge in [0.2, 0.25) is 0 Å². The van der Waals surface area contributed by atoms with Gasteiger partial charge < -0.3 is 19.7 Å². The summed E-state index contributed by atoms with van der Waals surface area (Å²) in [4.78, 5) is 11.6. The molecule has 0 radical (unpaired) electrons. The molecule has 19 heavy (non-hydrogen) atoms. The molecule has 0 spiro atoms. The first-order valence-corrected chi connectivity index (χ1v) is 6.59. The Morgan fingerprint density at radius 1 is 1.58 bits per heavy atom. The number of aryl methyl sites for hydroxylation is 1. The Bertz CT molecular complexity index is 372. The predicted molar refractivity (Wildman–Crippen MR) is 69.8 cm³/mol. The summed E-state index contributed by atoms with van der Waals surface area (Å²) in [6.07, 6.45) is 2.73. The van der Waals surface area contributed by atoms with Crippen molar-refractivity contribution >= 4 is 5.91 Å². The first-order valence-electron chi connectivity index (χ1n) is 6.59. The van der Waals surface area contributed by atoms with E-state index in [4.69, 9.17) is 14.4 Å². The maximum atomic E-state index is 11.6. The van der Waals surface area contributed by atoms with Crippen molar-refractivity contribution in [2.24, 2.45) is 5.92 Å². The molecule has 6 nitrogen and oxygen atoms in total. The van der Waals surface area contributed by atoms with E-state index in [9.17, 15) is 4.79 Å². The number of ether oxygens (including phenoxy) is 1. The van der Waals surface area contributed by atoms with Crippen LogP contribution in [0.2, 0.25) is 0 Å². The minimum atomic E-state index is -0.195. The molecule has 2 N–H and O–H groups in total. The van der Waals surface area contributed by atoms with Gasteiger partial charge in [0.05, 0.1) is 0 Å². The van der Waals surface area contributed by atoms with Crippen LogP contribution in [0.4, 0.5) is 0 Å². The maximum absolute atomic E-state index is 11.6. The highest BCUT2D eigenvalue weighted by Crippen LogP contribution is 2.10. The minimum Gasteiger partial charge on any atom is -0.465 e. The van der Waals surface area contributed by atoms with Gasteiger partial charge in [0.1, 0.15) is 5.76 Å². The summed E-state index contributed by atoms with van der Waals surface area (Å²) < 4.78 is 10.00. The van der Waals surface area contributed by atoms with Crippen molar-refractivity contribution < 1.29 is 19.2 Å². The predicted octanol–water partition coefficient (Wildman–Crippen LogP) is 1.28. The van der Waals surface area contributed by atoms with Crippen molar-refractivity contribution in [3.8, 4) is 5.88 Å². The largest absolute Gasteiger partial charge is 0.465 e. The number of carbonyl (C=O) groups is 1. The maximum Gasteiger partial charge on any atom is 0.258 e. The second-order valence-corrected chi connectivity index (χ2v) is 4.54. The van der Waals surface area contributed by atoms with Crippen LogP contribution in [0.5, 0.6) is 5.88 Å². The fourth-order valence-electron chi connectivity index (χ4n) is 1.80. The van der Waals surface area contributed by atoms with Crippen LogP contribution in [0.1, 0.15) is 31.9 Å². The molecule has 0 aliphatic carbocycles. The molecule has 0 aliphatic rings. The molecular formula is C13H22N2O4. The number of nitrogens with zero attached hydrogens (tertiary/aromatic N) is 1. The summed E-state index contributed by atoms with van der Waals surface area (Å²) >= 11 is 0. The molecule has 1 aromatic rings. The average Bonchev–Trinajstić information content (AvgIpc) is 2.80. The van der Waals surface area contributed by atoms with Crippen LogP contribution < -0.4 is 10.1 Å². The van der Waals surface area contributed by atoms with E-state index in [1.165, 1.54) is 0 Å². The van der Waals surface area contributed by atoms with Crippen molar-refractivity contribution in [3.05, 3.63) is 11.8 Å². The Morgan fingerprint density at radius 2 is 2.37 bits per heavy atom. The first-order chi connectivity index (χ1) is 9.15. The standard InChI is InChI=1S/C13H22N2O4/c1-3-4-11(5-6-16)8-14-12(17)9-18-13-7-10(2)19-15-13/h7,11,16H,3-6,8-9H2,1-2H3,(H,14,17). The molecular weight excluding hydrogens is 248 g/mol. The molecule has 0 aliphatic heterocycles. The Labute approximate surface area is 113 Å². The summed E-state index contributed by atoms with van der Waals surface area (Å²) in [5, 5.41) is 15.4. The van der Waals surface area contributed by atoms with Gasteiger partial charge in [-0.15, -0.1) is 0 Å². The van der Waals surface area contributed by atoms with Crippen LogP contribution in [-0.4, -0.2) is 35.9 Å². The third-order valence-electron chi connectivity index (χ3n) is 2.78. The Kier molecular flexibility index (Phi) is 6.95. The van der Waals surface area contributed by atoms with E-state index >= 15 is 0 Å². The highest BCUT2D eigenvalue weighted by molar-refractivity contribution is 5.77. The molecule has 1 heterocycles. The lowest BCUT2D eigenvalue weighted by molar-refractivity contribution is -0.123. The van der Waals surface area contributed by atoms with Crippen LogP contribution in [0.25, 0.3) is 0 Å². The molecule has 108 valence electrons. The van der Waals surface area contributed by atoms with Crippen LogP contribution in [0.15, 0.2) is 10.6 Å². The van der Waals surface area contributed by atoms with E-state index in [1.807, 2.05) is 0 Å². The average molecular weight is 270 g/mol. The number of hydrogen-bond acceptors (Lipinski definition) is 5. The normalized spacial score (nSPS) is 12.2. The molecule has 0 aromatic carbocycles. The number of aliphatic hydroxyl groups excluding tert-OH is 1. The van der Waals surface area contributed by atoms with Gasteiger partial charge in [0.15, 0.2) is 6.61 Å². The number of amides is 1. The number of carbonyl (C=O) groups excluding carboxylic acids is 1. The minimum absolute atomic E-state index is 0.0794. The monoisotopic (exact) mass is 270 g/mol. The van der Waals surface area contributed by atoms with Crippen LogP contribution in [0, 0.1) is 12.8 Å². The van der Waals surface area contributed by atoms with Crippen LogP contribution >= 0.6 is 0 Å². The summed E-state index contributed by atoms with van der Waals surface area (Å²) in [6, 6.07) is 1.62. The van der Waals surface area contributed by atoms with E-state index in [1.54, 1.807) is 13.0 Å². The number of nitrogens with one attached hydrogen (secondary N) is 1. The molecule has 1 amide bonds. The molecule has 1 unspecified atom stereocenters. The second kappa shape index (κ2) is 8.53. The summed E-state index contributed by atoms with van der Waals surface area (Å²) in [5.41, 5.74) is 0. The highest BCUT2D eigenvalue weighted by Gasteiger charge is 2.10. The third kappa shape index (κ3) is 6.24. The van der Waals surface area contributed by atoms with E-state index in [0.717, 1.165) is 12.8 Å². The lowest BCUT2D eigenvalue weighted by Gasteiger charge is -2.15. The van der Waals surface area contributed by atoms with Crippen LogP contribution in [-0.2, 0) is 4.79 Å². The number of aliphatic hydroxyl groups is 1. The number of aromatic nitrogens is 1. The van der Waals surface area contributed by atoms with E-state index in [2.05, 4.69) is 17.4 Å². The zero-order valence-electron chi connectivity index (χ0n) is 11.5. The molecule has 0 fully saturated rings. The zero-order chi connectivity index (χ0) is 14.1.